The SMILES string of the molecule is CC1c2cnc(-c3ncccn3)nc2CCN1c1cc(F)cc(NC2CN(C(=O)OC(C)(C)C)C2)n1.CC1c2cnc(-c3ncccn3)nc2CCN1c1cc(NC2CC(C(=O)OC(C)(C)C)C2)cc(F)n1. The lowest BCUT2D eigenvalue weighted by molar-refractivity contribution is -0.163. The van der Waals surface area contributed by atoms with Crippen LogP contribution in [0, 0.1) is 17.7 Å². The van der Waals surface area contributed by atoms with Gasteiger partial charge in [0.15, 0.2) is 23.3 Å². The van der Waals surface area contributed by atoms with E-state index in [1.54, 1.807) is 54.2 Å². The highest BCUT2D eigenvalue weighted by Gasteiger charge is 2.38. The molecule has 2 fully saturated rings. The molecule has 0 spiro atoms. The number of esters is 1. The van der Waals surface area contributed by atoms with Gasteiger partial charge in [0.25, 0.3) is 0 Å². The summed E-state index contributed by atoms with van der Waals surface area (Å²) in [6, 6.07) is 9.45. The van der Waals surface area contributed by atoms with Crippen LogP contribution in [0.25, 0.3) is 23.3 Å². The minimum Gasteiger partial charge on any atom is -0.460 e. The van der Waals surface area contributed by atoms with Gasteiger partial charge in [-0.3, -0.25) is 4.79 Å². The van der Waals surface area contributed by atoms with Crippen molar-refractivity contribution in [3.8, 4) is 23.3 Å². The van der Waals surface area contributed by atoms with E-state index in [2.05, 4.69) is 60.4 Å². The molecule has 6 aromatic rings. The normalized spacial score (nSPS) is 19.6. The molecular formula is C51H59F2N15O4. The van der Waals surface area contributed by atoms with E-state index in [0.29, 0.717) is 98.3 Å². The Kier molecular flexibility index (Phi) is 13.9. The fraction of sp³-hybridized carbons (Fsp3) is 0.451. The number of carbonyl (C=O) groups is 2. The molecule has 2 unspecified atom stereocenters. The molecule has 21 heteroatoms. The second-order valence-electron chi connectivity index (χ2n) is 20.4. The van der Waals surface area contributed by atoms with Crippen molar-refractivity contribution in [1.29, 1.82) is 0 Å². The van der Waals surface area contributed by atoms with Crippen LogP contribution >= 0.6 is 0 Å². The number of aromatic nitrogens is 10. The van der Waals surface area contributed by atoms with Crippen LogP contribution in [0.5, 0.6) is 0 Å². The Morgan fingerprint density at radius 1 is 0.625 bits per heavy atom. The number of hydrogen-bond donors (Lipinski definition) is 2. The molecular weight excluding hydrogens is 925 g/mol. The number of amides is 1. The molecule has 1 amide bonds. The first-order valence-corrected chi connectivity index (χ1v) is 24.2. The fourth-order valence-electron chi connectivity index (χ4n) is 9.02. The predicted molar refractivity (Wildman–Crippen MR) is 265 cm³/mol. The van der Waals surface area contributed by atoms with Crippen LogP contribution in [-0.2, 0) is 27.1 Å². The Bertz CT molecular complexity index is 2720. The highest BCUT2D eigenvalue weighted by molar-refractivity contribution is 5.74. The van der Waals surface area contributed by atoms with Gasteiger partial charge < -0.3 is 34.8 Å². The number of pyridine rings is 2. The highest BCUT2D eigenvalue weighted by atomic mass is 19.1. The van der Waals surface area contributed by atoms with Crippen molar-refractivity contribution < 1.29 is 27.8 Å². The second kappa shape index (κ2) is 20.3. The standard InChI is InChI=1S/C26H30FN7O2.C25H29FN8O2/c1-15-19-14-30-24(23-28-7-5-8-29-23)32-20(19)6-9-34(15)22-13-18(12-21(27)33-22)31-17-10-16(11-17)25(35)36-26(2,3)4;1-15-18-12-29-23(22-27-7-5-8-28-22)31-19(18)6-9-34(15)21-11-16(26)10-20(32-21)30-17-13-33(14-17)24(35)36-25(2,3)4/h5,7-8,12-17H,6,9-11H2,1-4H3,(H,31,33);5,7-8,10-12,15,17H,6,9,13-14H2,1-4H3,(H,30,32). The zero-order chi connectivity index (χ0) is 50.9. The third-order valence-corrected chi connectivity index (χ3v) is 12.6. The van der Waals surface area contributed by atoms with E-state index in [9.17, 15) is 18.4 Å². The lowest BCUT2D eigenvalue weighted by Crippen LogP contribution is -2.58. The summed E-state index contributed by atoms with van der Waals surface area (Å²) in [6.45, 7) is 17.4. The van der Waals surface area contributed by atoms with Crippen molar-refractivity contribution in [1.82, 2.24) is 54.7 Å². The number of nitrogens with one attached hydrogen (secondary N) is 2. The van der Waals surface area contributed by atoms with E-state index in [1.165, 1.54) is 18.2 Å². The molecule has 0 radical (unpaired) electrons. The van der Waals surface area contributed by atoms with Crippen LogP contribution in [0.15, 0.2) is 73.6 Å². The number of anilines is 4. The topological polar surface area (TPSA) is 215 Å². The highest BCUT2D eigenvalue weighted by Crippen LogP contribution is 2.37. The minimum absolute atomic E-state index is 0.0220. The average molecular weight is 984 g/mol. The summed E-state index contributed by atoms with van der Waals surface area (Å²) in [5.41, 5.74) is 3.42. The van der Waals surface area contributed by atoms with Crippen LogP contribution < -0.4 is 20.4 Å². The minimum atomic E-state index is -0.552. The van der Waals surface area contributed by atoms with Gasteiger partial charge in [0.05, 0.1) is 35.4 Å². The van der Waals surface area contributed by atoms with Crippen LogP contribution in [-0.4, -0.2) is 116 Å². The number of hydrogen-bond acceptors (Lipinski definition) is 18. The molecule has 19 nitrogen and oxygen atoms in total. The largest absolute Gasteiger partial charge is 0.460 e. The van der Waals surface area contributed by atoms with Gasteiger partial charge in [-0.15, -0.1) is 0 Å². The number of halogens is 2. The molecule has 2 atom stereocenters. The van der Waals surface area contributed by atoms with Gasteiger partial charge >= 0.3 is 12.1 Å². The summed E-state index contributed by atoms with van der Waals surface area (Å²) >= 11 is 0. The van der Waals surface area contributed by atoms with E-state index in [-0.39, 0.29) is 48.0 Å². The molecule has 3 aliphatic heterocycles. The number of nitrogens with zero attached hydrogens (tertiary/aromatic N) is 13. The van der Waals surface area contributed by atoms with Gasteiger partial charge in [-0.05, 0) is 80.4 Å². The first-order valence-electron chi connectivity index (χ1n) is 24.2. The quantitative estimate of drug-likeness (QED) is 0.105. The van der Waals surface area contributed by atoms with Crippen LogP contribution in [0.1, 0.15) is 103 Å². The summed E-state index contributed by atoms with van der Waals surface area (Å²) in [4.78, 5) is 74.2. The van der Waals surface area contributed by atoms with Gasteiger partial charge in [0.2, 0.25) is 5.95 Å². The lowest BCUT2D eigenvalue weighted by Gasteiger charge is -2.40. The molecule has 1 saturated carbocycles. The lowest BCUT2D eigenvalue weighted by atomic mass is 9.80. The number of ether oxygens (including phenoxy) is 2. The molecule has 72 heavy (non-hydrogen) atoms. The third kappa shape index (κ3) is 11.6. The van der Waals surface area contributed by atoms with Gasteiger partial charge in [-0.2, -0.15) is 4.39 Å². The Morgan fingerprint density at radius 3 is 1.68 bits per heavy atom. The van der Waals surface area contributed by atoms with Crippen LogP contribution in [0.3, 0.4) is 0 Å². The van der Waals surface area contributed by atoms with E-state index < -0.39 is 17.1 Å². The number of carbonyl (C=O) groups excluding carboxylic acids is 2. The predicted octanol–water partition coefficient (Wildman–Crippen LogP) is 7.75. The molecule has 0 aromatic carbocycles. The van der Waals surface area contributed by atoms with Crippen LogP contribution in [0.4, 0.5) is 36.7 Å². The number of rotatable bonds is 9. The van der Waals surface area contributed by atoms with E-state index in [1.807, 2.05) is 66.4 Å². The maximum absolute atomic E-state index is 14.6. The molecule has 2 N–H and O–H groups in total. The molecule has 0 bridgehead atoms. The first kappa shape index (κ1) is 49.4. The monoisotopic (exact) mass is 983 g/mol. The Morgan fingerprint density at radius 2 is 1.15 bits per heavy atom. The Hall–Kier alpha value is -7.58. The zero-order valence-corrected chi connectivity index (χ0v) is 41.7. The maximum atomic E-state index is 14.6. The van der Waals surface area contributed by atoms with E-state index in [4.69, 9.17) is 14.5 Å². The van der Waals surface area contributed by atoms with Crippen LogP contribution in [0.2, 0.25) is 0 Å². The summed E-state index contributed by atoms with van der Waals surface area (Å²) < 4.78 is 40.0. The third-order valence-electron chi connectivity index (χ3n) is 12.6. The number of likely N-dealkylation sites (tertiary alicyclic amines) is 1. The molecule has 376 valence electrons. The van der Waals surface area contributed by atoms with E-state index >= 15 is 0 Å². The molecule has 1 saturated heterocycles. The first-order chi connectivity index (χ1) is 34.3. The molecule has 10 rings (SSSR count). The zero-order valence-electron chi connectivity index (χ0n) is 41.7. The van der Waals surface area contributed by atoms with E-state index in [0.717, 1.165) is 22.5 Å². The van der Waals surface area contributed by atoms with Crippen molar-refractivity contribution in [2.24, 2.45) is 5.92 Å². The second-order valence-corrected chi connectivity index (χ2v) is 20.4. The summed E-state index contributed by atoms with van der Waals surface area (Å²) in [5, 5.41) is 6.59. The van der Waals surface area contributed by atoms with Crippen molar-refractivity contribution in [2.45, 2.75) is 116 Å². The van der Waals surface area contributed by atoms with Gasteiger partial charge in [0, 0.05) is 123 Å². The van der Waals surface area contributed by atoms with Gasteiger partial charge in [-0.25, -0.2) is 59.0 Å². The average Bonchev–Trinajstić information content (AvgIpc) is 3.30. The Labute approximate surface area is 416 Å². The summed E-state index contributed by atoms with van der Waals surface area (Å²) in [6.07, 6.45) is 12.6. The Balaban J connectivity index is 0.000000178. The fourth-order valence-corrected chi connectivity index (χ4v) is 9.02. The van der Waals surface area contributed by atoms with Gasteiger partial charge in [-0.1, -0.05) is 0 Å². The summed E-state index contributed by atoms with van der Waals surface area (Å²) in [7, 11) is 0. The maximum Gasteiger partial charge on any atom is 0.410 e. The number of fused-ring (bicyclic) bond motifs is 2. The smallest absolute Gasteiger partial charge is 0.410 e. The van der Waals surface area contributed by atoms with Crippen molar-refractivity contribution in [3.63, 3.8) is 0 Å². The van der Waals surface area contributed by atoms with Crippen molar-refractivity contribution in [3.05, 3.63) is 108 Å². The molecule has 9 heterocycles. The van der Waals surface area contributed by atoms with Crippen molar-refractivity contribution in [2.75, 3.05) is 46.6 Å². The van der Waals surface area contributed by atoms with Gasteiger partial charge in [0.1, 0.15) is 34.5 Å². The van der Waals surface area contributed by atoms with Crippen molar-refractivity contribution >= 4 is 35.2 Å². The molecule has 6 aromatic heterocycles. The molecule has 1 aliphatic carbocycles. The summed E-state index contributed by atoms with van der Waals surface area (Å²) in [5.74, 6) is 2.25. The molecule has 4 aliphatic rings.